The average Bonchev–Trinajstić information content (AvgIpc) is 3.75. The van der Waals surface area contributed by atoms with Crippen LogP contribution in [0.4, 0.5) is 0 Å². The quantitative estimate of drug-likeness (QED) is 0.196. The summed E-state index contributed by atoms with van der Waals surface area (Å²) in [6, 6.07) is 27.8. The van der Waals surface area contributed by atoms with Crippen molar-refractivity contribution in [1.29, 1.82) is 0 Å². The van der Waals surface area contributed by atoms with Gasteiger partial charge in [-0.15, -0.1) is 11.3 Å². The van der Waals surface area contributed by atoms with Gasteiger partial charge in [-0.25, -0.2) is 0 Å². The third-order valence-electron chi connectivity index (χ3n) is 7.91. The Bertz CT molecular complexity index is 2810. The van der Waals surface area contributed by atoms with Crippen molar-refractivity contribution >= 4 is 64.9 Å². The molecule has 196 valence electrons. The number of hydrogen-bond acceptors (Lipinski definition) is 2. The summed E-state index contributed by atoms with van der Waals surface area (Å²) >= 11 is 1.58. The van der Waals surface area contributed by atoms with Gasteiger partial charge in [-0.2, -0.15) is 0 Å². The third kappa shape index (κ3) is 3.43. The Morgan fingerprint density at radius 3 is 1.71 bits per heavy atom. The number of fused-ring (bicyclic) bond motifs is 6. The predicted molar refractivity (Wildman–Crippen MR) is 180 cm³/mol. The van der Waals surface area contributed by atoms with Crippen LogP contribution in [0.3, 0.4) is 0 Å². The topological polar surface area (TPSA) is 13.1 Å². The molecule has 2 aromatic heterocycles. The van der Waals surface area contributed by atoms with E-state index in [9.17, 15) is 5.48 Å². The van der Waals surface area contributed by atoms with E-state index in [1.807, 2.05) is 66.7 Å². The summed E-state index contributed by atoms with van der Waals surface area (Å²) in [5.41, 5.74) is 3.77. The van der Waals surface area contributed by atoms with Crippen molar-refractivity contribution in [3.63, 3.8) is 0 Å². The molecule has 42 heavy (non-hydrogen) atoms. The van der Waals surface area contributed by atoms with E-state index in [0.29, 0.717) is 27.9 Å². The number of furan rings is 1. The van der Waals surface area contributed by atoms with Crippen molar-refractivity contribution in [3.05, 3.63) is 145 Å². The lowest BCUT2D eigenvalue weighted by atomic mass is 9.84. The van der Waals surface area contributed by atoms with Crippen LogP contribution in [0.2, 0.25) is 0 Å². The summed E-state index contributed by atoms with van der Waals surface area (Å²) in [6.45, 7) is 0. The second kappa shape index (κ2) is 9.17. The lowest BCUT2D eigenvalue weighted by Gasteiger charge is -2.18. The fourth-order valence-electron chi connectivity index (χ4n) is 6.12. The molecule has 2 heteroatoms. The Hall–Kier alpha value is -5.18. The molecule has 0 radical (unpaired) electrons. The van der Waals surface area contributed by atoms with Gasteiger partial charge < -0.3 is 4.42 Å². The first-order valence-electron chi connectivity index (χ1n) is 17.6. The van der Waals surface area contributed by atoms with Gasteiger partial charge in [0, 0.05) is 36.9 Å². The largest absolute Gasteiger partial charge is 0.455 e. The van der Waals surface area contributed by atoms with Gasteiger partial charge in [-0.3, -0.25) is 0 Å². The van der Waals surface area contributed by atoms with Crippen LogP contribution >= 0.6 is 11.3 Å². The fourth-order valence-corrected chi connectivity index (χ4v) is 7.23. The van der Waals surface area contributed by atoms with Gasteiger partial charge >= 0.3 is 0 Å². The Kier molecular flexibility index (Phi) is 3.70. The Balaban J connectivity index is 1.63. The van der Waals surface area contributed by atoms with Gasteiger partial charge in [0.1, 0.15) is 11.2 Å². The van der Waals surface area contributed by atoms with Crippen LogP contribution in [0.25, 0.3) is 86.3 Å². The molecule has 0 N–H and O–H groups in total. The minimum atomic E-state index is -0.439. The average molecular weight is 561 g/mol. The molecule has 0 saturated carbocycles. The van der Waals surface area contributed by atoms with Crippen molar-refractivity contribution in [2.24, 2.45) is 0 Å². The van der Waals surface area contributed by atoms with Crippen molar-refractivity contribution < 1.29 is 15.4 Å². The van der Waals surface area contributed by atoms with E-state index in [-0.39, 0.29) is 51.3 Å². The standard InChI is InChI=1S/C40H24OS/c1-3-13-25(14-4-1)35-24-33-36(42-35)23-32-27-17-11-12-22-34(27)41-40(32)39(33)38-30-20-9-7-18-28(30)37(26-15-5-2-6-16-26)29-19-8-10-21-31(29)38/h1-24H/i7D,8D,9D,10D,18D,19D,20D,21D. The maximum absolute atomic E-state index is 9.42. The number of para-hydroxylation sites is 1. The monoisotopic (exact) mass is 560 g/mol. The zero-order valence-electron chi connectivity index (χ0n) is 30.1. The van der Waals surface area contributed by atoms with Crippen molar-refractivity contribution in [2.45, 2.75) is 0 Å². The van der Waals surface area contributed by atoms with Crippen LogP contribution in [-0.2, 0) is 0 Å². The first kappa shape index (κ1) is 16.9. The molecule has 0 fully saturated rings. The second-order valence-electron chi connectivity index (χ2n) is 10.2. The molecule has 9 rings (SSSR count). The van der Waals surface area contributed by atoms with Crippen molar-refractivity contribution in [2.75, 3.05) is 0 Å². The van der Waals surface area contributed by atoms with E-state index in [0.717, 1.165) is 31.3 Å². The summed E-state index contributed by atoms with van der Waals surface area (Å²) in [6.07, 6.45) is 0. The van der Waals surface area contributed by atoms with Gasteiger partial charge in [-0.1, -0.05) is 127 Å². The molecule has 7 aromatic carbocycles. The number of thiophene rings is 1. The van der Waals surface area contributed by atoms with E-state index in [2.05, 4.69) is 6.07 Å². The zero-order chi connectivity index (χ0) is 34.6. The van der Waals surface area contributed by atoms with Crippen LogP contribution in [0, 0.1) is 0 Å². The molecular formula is C40H24OS. The minimum Gasteiger partial charge on any atom is -0.455 e. The predicted octanol–water partition coefficient (Wildman–Crippen LogP) is 12.1. The van der Waals surface area contributed by atoms with Gasteiger partial charge in [-0.05, 0) is 56.4 Å². The number of benzene rings is 7. The van der Waals surface area contributed by atoms with Crippen LogP contribution in [0.15, 0.2) is 150 Å². The number of rotatable bonds is 3. The molecule has 0 aliphatic rings. The van der Waals surface area contributed by atoms with Gasteiger partial charge in [0.05, 0.1) is 11.0 Å². The highest BCUT2D eigenvalue weighted by Gasteiger charge is 2.23. The molecule has 1 nitrogen and oxygen atoms in total. The maximum atomic E-state index is 9.42. The lowest BCUT2D eigenvalue weighted by Crippen LogP contribution is -1.91. The summed E-state index contributed by atoms with van der Waals surface area (Å²) in [7, 11) is 0. The molecule has 0 amide bonds. The molecule has 0 unspecified atom stereocenters. The van der Waals surface area contributed by atoms with Gasteiger partial charge in [0.25, 0.3) is 0 Å². The highest BCUT2D eigenvalue weighted by Crippen LogP contribution is 2.50. The maximum Gasteiger partial charge on any atom is 0.143 e. The molecule has 0 aliphatic heterocycles. The molecule has 0 aliphatic carbocycles. The summed E-state index contributed by atoms with van der Waals surface area (Å²) < 4.78 is 80.2. The molecule has 0 spiro atoms. The fraction of sp³-hybridized carbons (Fsp3) is 0. The summed E-state index contributed by atoms with van der Waals surface area (Å²) in [5, 5.41) is 3.07. The van der Waals surface area contributed by atoms with Gasteiger partial charge in [0.2, 0.25) is 0 Å². The van der Waals surface area contributed by atoms with Crippen LogP contribution in [-0.4, -0.2) is 0 Å². The van der Waals surface area contributed by atoms with Crippen molar-refractivity contribution in [3.8, 4) is 32.7 Å². The van der Waals surface area contributed by atoms with Crippen LogP contribution in [0.5, 0.6) is 0 Å². The Morgan fingerprint density at radius 1 is 0.476 bits per heavy atom. The van der Waals surface area contributed by atoms with Gasteiger partial charge in [0.15, 0.2) is 0 Å². The highest BCUT2D eigenvalue weighted by atomic mass is 32.1. The van der Waals surface area contributed by atoms with E-state index in [1.165, 1.54) is 0 Å². The zero-order valence-corrected chi connectivity index (χ0v) is 22.9. The lowest BCUT2D eigenvalue weighted by molar-refractivity contribution is 0.670. The molecule has 0 atom stereocenters. The molecular weight excluding hydrogens is 529 g/mol. The SMILES string of the molecule is [2H]c1c([2H])c([2H])c2c(-c3c4cc(-c5ccccc5)sc4cc4c3oc3ccccc34)c3c([2H])c([2H])c([2H])c([2H])c3c(-c3ccccc3)c2c1[2H]. The van der Waals surface area contributed by atoms with Crippen molar-refractivity contribution in [1.82, 2.24) is 0 Å². The molecule has 0 bridgehead atoms. The Labute approximate surface area is 258 Å². The second-order valence-corrected chi connectivity index (χ2v) is 11.3. The first-order chi connectivity index (χ1) is 24.2. The third-order valence-corrected chi connectivity index (χ3v) is 9.04. The molecule has 9 aromatic rings. The van der Waals surface area contributed by atoms with E-state index in [4.69, 9.17) is 9.90 Å². The van der Waals surface area contributed by atoms with Crippen LogP contribution < -0.4 is 0 Å². The molecule has 2 heterocycles. The summed E-state index contributed by atoms with van der Waals surface area (Å²) in [4.78, 5) is 0.970. The summed E-state index contributed by atoms with van der Waals surface area (Å²) in [5.74, 6) is 0. The normalized spacial score (nSPS) is 14.5. The first-order valence-corrected chi connectivity index (χ1v) is 14.4. The van der Waals surface area contributed by atoms with E-state index < -0.39 is 24.2 Å². The number of hydrogen-bond donors (Lipinski definition) is 0. The molecule has 0 saturated heterocycles. The van der Waals surface area contributed by atoms with E-state index >= 15 is 0 Å². The van der Waals surface area contributed by atoms with Crippen LogP contribution in [0.1, 0.15) is 11.0 Å². The van der Waals surface area contributed by atoms with E-state index in [1.54, 1.807) is 35.6 Å². The highest BCUT2D eigenvalue weighted by molar-refractivity contribution is 7.22. The minimum absolute atomic E-state index is 0.161. The Morgan fingerprint density at radius 2 is 1.05 bits per heavy atom. The smallest absolute Gasteiger partial charge is 0.143 e.